The van der Waals surface area contributed by atoms with Crippen LogP contribution in [0.3, 0.4) is 0 Å². The van der Waals surface area contributed by atoms with E-state index in [4.69, 9.17) is 0 Å². The topological polar surface area (TPSA) is 90.9 Å². The van der Waals surface area contributed by atoms with Crippen molar-refractivity contribution in [2.24, 2.45) is 4.99 Å². The van der Waals surface area contributed by atoms with Crippen LogP contribution in [-0.2, 0) is 16.1 Å². The minimum Gasteiger partial charge on any atom is -0.352 e. The molecule has 1 aliphatic heterocycles. The minimum atomic E-state index is -0.522. The number of aryl methyl sites for hydroxylation is 1. The van der Waals surface area contributed by atoms with Crippen LogP contribution < -0.4 is 10.6 Å². The fourth-order valence-electron chi connectivity index (χ4n) is 3.25. The number of thioether (sulfide) groups is 1. The van der Waals surface area contributed by atoms with Gasteiger partial charge >= 0.3 is 0 Å². The Morgan fingerprint density at radius 1 is 1.09 bits per heavy atom. The molecule has 0 fully saturated rings. The van der Waals surface area contributed by atoms with Gasteiger partial charge in [-0.3, -0.25) is 14.4 Å². The second kappa shape index (κ2) is 10.9. The maximum Gasteiger partial charge on any atom is 0.262 e. The highest BCUT2D eigenvalue weighted by Gasteiger charge is 2.32. The Hall–Kier alpha value is -3.13. The predicted molar refractivity (Wildman–Crippen MR) is 129 cm³/mol. The van der Waals surface area contributed by atoms with E-state index in [1.54, 1.807) is 24.3 Å². The number of hydrogen-bond donors (Lipinski definition) is 2. The van der Waals surface area contributed by atoms with Crippen LogP contribution in [-0.4, -0.2) is 46.1 Å². The number of amides is 3. The molecule has 3 amide bonds. The summed E-state index contributed by atoms with van der Waals surface area (Å²) in [5, 5.41) is 5.82. The van der Waals surface area contributed by atoms with Crippen LogP contribution in [0, 0.1) is 6.92 Å². The molecule has 3 rings (SSSR count). The summed E-state index contributed by atoms with van der Waals surface area (Å²) in [5.74, 6) is -0.791. The molecule has 168 valence electrons. The van der Waals surface area contributed by atoms with E-state index < -0.39 is 5.25 Å². The van der Waals surface area contributed by atoms with Crippen molar-refractivity contribution in [1.82, 2.24) is 10.2 Å². The number of carbonyl (C=O) groups excluding carboxylic acids is 3. The fourth-order valence-corrected chi connectivity index (χ4v) is 4.44. The summed E-state index contributed by atoms with van der Waals surface area (Å²) in [5.41, 5.74) is 3.14. The molecule has 2 aromatic carbocycles. The number of carbonyl (C=O) groups is 3. The van der Waals surface area contributed by atoms with Crippen LogP contribution >= 0.6 is 11.8 Å². The van der Waals surface area contributed by atoms with Gasteiger partial charge < -0.3 is 15.5 Å². The molecule has 1 heterocycles. The molecule has 1 aliphatic rings. The van der Waals surface area contributed by atoms with Crippen LogP contribution in [0.15, 0.2) is 53.5 Å². The maximum atomic E-state index is 12.5. The Morgan fingerprint density at radius 2 is 1.81 bits per heavy atom. The summed E-state index contributed by atoms with van der Waals surface area (Å²) in [6.07, 6.45) is 0.0294. The Kier molecular flexibility index (Phi) is 8.05. The first-order valence-electron chi connectivity index (χ1n) is 10.7. The van der Waals surface area contributed by atoms with E-state index in [0.717, 1.165) is 24.2 Å². The number of anilines is 1. The number of hydrogen-bond acceptors (Lipinski definition) is 5. The Bertz CT molecular complexity index is 1020. The number of benzene rings is 2. The highest BCUT2D eigenvalue weighted by atomic mass is 32.2. The average molecular weight is 453 g/mol. The van der Waals surface area contributed by atoms with E-state index in [0.29, 0.717) is 23.0 Å². The first-order chi connectivity index (χ1) is 15.4. The summed E-state index contributed by atoms with van der Waals surface area (Å²) in [7, 11) is 0. The lowest BCUT2D eigenvalue weighted by atomic mass is 10.1. The number of amidine groups is 1. The summed E-state index contributed by atoms with van der Waals surface area (Å²) in [6, 6.07) is 14.7. The number of rotatable bonds is 8. The molecule has 1 atom stereocenters. The van der Waals surface area contributed by atoms with Gasteiger partial charge in [-0.25, -0.2) is 0 Å². The highest BCUT2D eigenvalue weighted by molar-refractivity contribution is 8.15. The molecular formula is C24H28N4O3S. The maximum absolute atomic E-state index is 12.5. The first kappa shape index (κ1) is 23.5. The lowest BCUT2D eigenvalue weighted by molar-refractivity contribution is -0.121. The normalized spacial score (nSPS) is 15.3. The van der Waals surface area contributed by atoms with Gasteiger partial charge in [0.1, 0.15) is 5.25 Å². The molecule has 0 radical (unpaired) electrons. The summed E-state index contributed by atoms with van der Waals surface area (Å²) in [6.45, 7) is 7.95. The van der Waals surface area contributed by atoms with Gasteiger partial charge in [-0.05, 0) is 44.5 Å². The summed E-state index contributed by atoms with van der Waals surface area (Å²) < 4.78 is 0. The molecule has 0 spiro atoms. The number of nitrogens with one attached hydrogen (secondary N) is 2. The van der Waals surface area contributed by atoms with Crippen molar-refractivity contribution in [1.29, 1.82) is 0 Å². The molecular weight excluding hydrogens is 424 g/mol. The van der Waals surface area contributed by atoms with Gasteiger partial charge in [0.2, 0.25) is 5.91 Å². The number of nitrogens with zero attached hydrogens (tertiary/aromatic N) is 2. The highest BCUT2D eigenvalue weighted by Crippen LogP contribution is 2.27. The Morgan fingerprint density at radius 3 is 2.50 bits per heavy atom. The third-order valence-electron chi connectivity index (χ3n) is 5.12. The van der Waals surface area contributed by atoms with Crippen LogP contribution in [0.1, 0.15) is 41.8 Å². The van der Waals surface area contributed by atoms with Crippen LogP contribution in [0.4, 0.5) is 5.69 Å². The Balaban J connectivity index is 1.54. The van der Waals surface area contributed by atoms with Gasteiger partial charge in [0.15, 0.2) is 5.17 Å². The van der Waals surface area contributed by atoms with E-state index >= 15 is 0 Å². The molecule has 0 aliphatic carbocycles. The molecule has 2 N–H and O–H groups in total. The minimum absolute atomic E-state index is 0.0294. The largest absolute Gasteiger partial charge is 0.352 e. The van der Waals surface area contributed by atoms with Crippen molar-refractivity contribution in [2.75, 3.05) is 18.4 Å². The van der Waals surface area contributed by atoms with Gasteiger partial charge in [0, 0.05) is 37.3 Å². The fraction of sp³-hybridized carbons (Fsp3) is 0.333. The van der Waals surface area contributed by atoms with Gasteiger partial charge in [0.25, 0.3) is 11.8 Å². The zero-order valence-corrected chi connectivity index (χ0v) is 19.4. The van der Waals surface area contributed by atoms with E-state index in [1.807, 2.05) is 49.9 Å². The van der Waals surface area contributed by atoms with Crippen molar-refractivity contribution >= 4 is 40.3 Å². The van der Waals surface area contributed by atoms with E-state index in [9.17, 15) is 14.4 Å². The van der Waals surface area contributed by atoms with Gasteiger partial charge in [-0.2, -0.15) is 4.99 Å². The second-order valence-electron chi connectivity index (χ2n) is 7.51. The molecule has 0 aromatic heterocycles. The zero-order valence-electron chi connectivity index (χ0n) is 18.6. The third-order valence-corrected chi connectivity index (χ3v) is 6.33. The van der Waals surface area contributed by atoms with Gasteiger partial charge in [-0.15, -0.1) is 0 Å². The lowest BCUT2D eigenvalue weighted by Gasteiger charge is -2.19. The van der Waals surface area contributed by atoms with Gasteiger partial charge in [-0.1, -0.05) is 47.7 Å². The van der Waals surface area contributed by atoms with Crippen molar-refractivity contribution in [2.45, 2.75) is 39.0 Å². The molecule has 2 aromatic rings. The zero-order chi connectivity index (χ0) is 23.1. The second-order valence-corrected chi connectivity index (χ2v) is 8.68. The van der Waals surface area contributed by atoms with E-state index in [1.165, 1.54) is 11.8 Å². The van der Waals surface area contributed by atoms with Crippen molar-refractivity contribution in [3.63, 3.8) is 0 Å². The molecule has 0 saturated heterocycles. The summed E-state index contributed by atoms with van der Waals surface area (Å²) in [4.78, 5) is 43.3. The lowest BCUT2D eigenvalue weighted by Crippen LogP contribution is -2.28. The average Bonchev–Trinajstić information content (AvgIpc) is 3.13. The van der Waals surface area contributed by atoms with Crippen molar-refractivity contribution in [3.05, 3.63) is 65.2 Å². The predicted octanol–water partition coefficient (Wildman–Crippen LogP) is 3.59. The van der Waals surface area contributed by atoms with Gasteiger partial charge in [0.05, 0.1) is 0 Å². The molecule has 32 heavy (non-hydrogen) atoms. The molecule has 1 unspecified atom stereocenters. The molecule has 8 heteroatoms. The third kappa shape index (κ3) is 6.20. The van der Waals surface area contributed by atoms with Crippen LogP contribution in [0.2, 0.25) is 0 Å². The smallest absolute Gasteiger partial charge is 0.262 e. The molecule has 0 bridgehead atoms. The van der Waals surface area contributed by atoms with Crippen LogP contribution in [0.5, 0.6) is 0 Å². The number of aliphatic imine (C=N–C) groups is 1. The van der Waals surface area contributed by atoms with Crippen LogP contribution in [0.25, 0.3) is 0 Å². The molecule has 0 saturated carbocycles. The van der Waals surface area contributed by atoms with Crippen molar-refractivity contribution in [3.8, 4) is 0 Å². The standard InChI is InChI=1S/C24H28N4O3S/c1-4-28(5-2)24-27-23(31)20(32-24)14-21(29)26-19-8-6-7-18(13-19)22(30)25-15-17-11-9-16(3)10-12-17/h6-13,20H,4-5,14-15H2,1-3H3,(H,25,30)(H,26,29). The molecule has 7 nitrogen and oxygen atoms in total. The summed E-state index contributed by atoms with van der Waals surface area (Å²) >= 11 is 1.33. The van der Waals surface area contributed by atoms with Crippen molar-refractivity contribution < 1.29 is 14.4 Å². The SMILES string of the molecule is CCN(CC)C1=NC(=O)C(CC(=O)Nc2cccc(C(=O)NCc3ccc(C)cc3)c2)S1. The quantitative estimate of drug-likeness (QED) is 0.639. The van der Waals surface area contributed by atoms with E-state index in [-0.39, 0.29) is 24.1 Å². The Labute approximate surface area is 192 Å². The monoisotopic (exact) mass is 452 g/mol. The first-order valence-corrected chi connectivity index (χ1v) is 11.5. The van der Waals surface area contributed by atoms with E-state index in [2.05, 4.69) is 15.6 Å².